The van der Waals surface area contributed by atoms with Gasteiger partial charge in [-0.1, -0.05) is 18.5 Å². The number of nitrogens with one attached hydrogen (secondary N) is 1. The summed E-state index contributed by atoms with van der Waals surface area (Å²) < 4.78 is 37.4. The van der Waals surface area contributed by atoms with E-state index in [0.29, 0.717) is 6.54 Å². The minimum Gasteiger partial charge on any atom is -0.330 e. The molecule has 1 unspecified atom stereocenters. The Bertz CT molecular complexity index is 334. The first-order valence-electron chi connectivity index (χ1n) is 4.36. The van der Waals surface area contributed by atoms with Crippen molar-refractivity contribution in [1.29, 1.82) is 0 Å². The van der Waals surface area contributed by atoms with Gasteiger partial charge in [0, 0.05) is 5.56 Å². The van der Waals surface area contributed by atoms with E-state index in [4.69, 9.17) is 17.3 Å². The molecule has 0 aromatic carbocycles. The number of H-pyrrole nitrogens is 1. The first-order chi connectivity index (χ1) is 6.86. The molecule has 0 saturated carbocycles. The molecular weight excluding hydrogens is 231 g/mol. The second-order valence-corrected chi connectivity index (χ2v) is 3.77. The average Bonchev–Trinajstić information content (AvgIpc) is 2.47. The van der Waals surface area contributed by atoms with Gasteiger partial charge in [-0.15, -0.1) is 0 Å². The van der Waals surface area contributed by atoms with Crippen molar-refractivity contribution in [3.63, 3.8) is 0 Å². The zero-order valence-corrected chi connectivity index (χ0v) is 8.78. The van der Waals surface area contributed by atoms with Crippen LogP contribution in [0, 0.1) is 5.92 Å². The molecule has 0 aliphatic carbocycles. The number of aromatic amines is 1. The highest BCUT2D eigenvalue weighted by Crippen LogP contribution is 2.34. The summed E-state index contributed by atoms with van der Waals surface area (Å²) in [7, 11) is 0. The van der Waals surface area contributed by atoms with Crippen molar-refractivity contribution in [2.75, 3.05) is 6.54 Å². The van der Waals surface area contributed by atoms with Crippen LogP contribution in [0.1, 0.15) is 18.2 Å². The first-order valence-corrected chi connectivity index (χ1v) is 4.74. The molecule has 0 aliphatic heterocycles. The van der Waals surface area contributed by atoms with E-state index in [-0.39, 0.29) is 23.1 Å². The third kappa shape index (κ3) is 2.85. The van der Waals surface area contributed by atoms with Gasteiger partial charge in [0.05, 0.1) is 0 Å². The van der Waals surface area contributed by atoms with Crippen LogP contribution in [0.4, 0.5) is 13.2 Å². The third-order valence-corrected chi connectivity index (χ3v) is 2.37. The van der Waals surface area contributed by atoms with Gasteiger partial charge in [0.1, 0.15) is 5.69 Å². The van der Waals surface area contributed by atoms with Gasteiger partial charge in [0.25, 0.3) is 0 Å². The summed E-state index contributed by atoms with van der Waals surface area (Å²) in [5, 5.41) is 5.11. The Morgan fingerprint density at radius 1 is 1.53 bits per heavy atom. The van der Waals surface area contributed by atoms with Gasteiger partial charge in [-0.05, 0) is 18.9 Å². The molecule has 7 heteroatoms. The highest BCUT2D eigenvalue weighted by Gasteiger charge is 2.37. The third-order valence-electron chi connectivity index (χ3n) is 2.06. The Balaban J connectivity index is 3.00. The Morgan fingerprint density at radius 2 is 2.13 bits per heavy atom. The molecule has 1 aromatic rings. The van der Waals surface area contributed by atoms with Gasteiger partial charge in [-0.2, -0.15) is 18.3 Å². The van der Waals surface area contributed by atoms with Crippen LogP contribution in [-0.2, 0) is 12.6 Å². The summed E-state index contributed by atoms with van der Waals surface area (Å²) in [6, 6.07) is 0. The van der Waals surface area contributed by atoms with Crippen LogP contribution in [0.5, 0.6) is 0 Å². The lowest BCUT2D eigenvalue weighted by Gasteiger charge is -2.10. The zero-order chi connectivity index (χ0) is 11.6. The Hall–Kier alpha value is -0.750. The van der Waals surface area contributed by atoms with Gasteiger partial charge in [-0.25, -0.2) is 0 Å². The van der Waals surface area contributed by atoms with E-state index >= 15 is 0 Å². The number of nitrogens with two attached hydrogens (primary N) is 1. The van der Waals surface area contributed by atoms with E-state index in [9.17, 15) is 13.2 Å². The molecule has 0 fully saturated rings. The van der Waals surface area contributed by atoms with Gasteiger partial charge >= 0.3 is 6.18 Å². The summed E-state index contributed by atoms with van der Waals surface area (Å²) in [6.45, 7) is 2.06. The van der Waals surface area contributed by atoms with Gasteiger partial charge in [0.15, 0.2) is 5.15 Å². The number of alkyl halides is 3. The second kappa shape index (κ2) is 4.40. The molecule has 0 saturated heterocycles. The monoisotopic (exact) mass is 241 g/mol. The van der Waals surface area contributed by atoms with E-state index in [0.717, 1.165) is 0 Å². The second-order valence-electron chi connectivity index (χ2n) is 3.41. The summed E-state index contributed by atoms with van der Waals surface area (Å²) in [5.41, 5.74) is 4.45. The smallest absolute Gasteiger partial charge is 0.330 e. The summed E-state index contributed by atoms with van der Waals surface area (Å²) in [5.74, 6) is -0.0683. The molecule has 0 spiro atoms. The minimum absolute atomic E-state index is 0.0119. The molecule has 1 heterocycles. The first kappa shape index (κ1) is 12.3. The predicted octanol–water partition coefficient (Wildman–Crippen LogP) is 2.22. The quantitative estimate of drug-likeness (QED) is 0.853. The normalized spacial score (nSPS) is 14.3. The molecule has 0 aliphatic rings. The highest BCUT2D eigenvalue weighted by molar-refractivity contribution is 6.30. The van der Waals surface area contributed by atoms with Crippen molar-refractivity contribution in [2.24, 2.45) is 11.7 Å². The molecule has 0 bridgehead atoms. The maximum absolute atomic E-state index is 12.5. The van der Waals surface area contributed by atoms with Crippen LogP contribution in [0.15, 0.2) is 0 Å². The number of hydrogen-bond donors (Lipinski definition) is 2. The van der Waals surface area contributed by atoms with E-state index < -0.39 is 11.9 Å². The Labute approximate surface area is 89.8 Å². The lowest BCUT2D eigenvalue weighted by atomic mass is 10.0. The van der Waals surface area contributed by atoms with Crippen molar-refractivity contribution in [1.82, 2.24) is 10.2 Å². The molecule has 1 rings (SSSR count). The molecule has 86 valence electrons. The van der Waals surface area contributed by atoms with Crippen LogP contribution in [-0.4, -0.2) is 16.7 Å². The molecule has 0 amide bonds. The number of hydrogen-bond acceptors (Lipinski definition) is 2. The molecule has 1 atom stereocenters. The van der Waals surface area contributed by atoms with Gasteiger partial charge < -0.3 is 5.73 Å². The van der Waals surface area contributed by atoms with E-state index in [1.165, 1.54) is 0 Å². The van der Waals surface area contributed by atoms with Crippen molar-refractivity contribution >= 4 is 11.6 Å². The van der Waals surface area contributed by atoms with Crippen molar-refractivity contribution in [3.05, 3.63) is 16.4 Å². The largest absolute Gasteiger partial charge is 0.433 e. The summed E-state index contributed by atoms with van der Waals surface area (Å²) >= 11 is 5.57. The highest BCUT2D eigenvalue weighted by atomic mass is 35.5. The minimum atomic E-state index is -4.45. The standard InChI is InChI=1S/C8H11ClF3N3/c1-4(3-13)2-5-6(8(10,11)12)14-15-7(5)9/h4H,2-3,13H2,1H3,(H,14,15). The zero-order valence-electron chi connectivity index (χ0n) is 8.03. The van der Waals surface area contributed by atoms with Crippen molar-refractivity contribution < 1.29 is 13.2 Å². The van der Waals surface area contributed by atoms with E-state index in [2.05, 4.69) is 5.10 Å². The molecule has 3 nitrogen and oxygen atoms in total. The van der Waals surface area contributed by atoms with Crippen molar-refractivity contribution in [2.45, 2.75) is 19.5 Å². The van der Waals surface area contributed by atoms with Crippen LogP contribution in [0.2, 0.25) is 5.15 Å². The predicted molar refractivity (Wildman–Crippen MR) is 50.5 cm³/mol. The molecule has 15 heavy (non-hydrogen) atoms. The average molecular weight is 242 g/mol. The maximum Gasteiger partial charge on any atom is 0.433 e. The fourth-order valence-corrected chi connectivity index (χ4v) is 1.41. The van der Waals surface area contributed by atoms with Crippen LogP contribution in [0.3, 0.4) is 0 Å². The van der Waals surface area contributed by atoms with Crippen LogP contribution < -0.4 is 5.73 Å². The Kier molecular flexibility index (Phi) is 3.62. The fraction of sp³-hybridized carbons (Fsp3) is 0.625. The number of rotatable bonds is 3. The summed E-state index contributed by atoms with van der Waals surface area (Å²) in [4.78, 5) is 0. The lowest BCUT2D eigenvalue weighted by molar-refractivity contribution is -0.141. The number of halogens is 4. The molecular formula is C8H11ClF3N3. The van der Waals surface area contributed by atoms with Crippen molar-refractivity contribution in [3.8, 4) is 0 Å². The Morgan fingerprint density at radius 3 is 2.60 bits per heavy atom. The lowest BCUT2D eigenvalue weighted by Crippen LogP contribution is -2.16. The summed E-state index contributed by atoms with van der Waals surface area (Å²) in [6.07, 6.45) is -4.29. The molecule has 0 radical (unpaired) electrons. The number of nitrogens with zero attached hydrogens (tertiary/aromatic N) is 1. The van der Waals surface area contributed by atoms with Crippen LogP contribution >= 0.6 is 11.6 Å². The molecule has 3 N–H and O–H groups in total. The van der Waals surface area contributed by atoms with E-state index in [1.807, 2.05) is 5.10 Å². The SMILES string of the molecule is CC(CN)Cc1c(Cl)n[nH]c1C(F)(F)F. The molecule has 1 aromatic heterocycles. The maximum atomic E-state index is 12.5. The fourth-order valence-electron chi connectivity index (χ4n) is 1.20. The number of aromatic nitrogens is 2. The van der Waals surface area contributed by atoms with Gasteiger partial charge in [0.2, 0.25) is 0 Å². The topological polar surface area (TPSA) is 54.7 Å². The van der Waals surface area contributed by atoms with Gasteiger partial charge in [-0.3, -0.25) is 5.10 Å². The van der Waals surface area contributed by atoms with Crippen LogP contribution in [0.25, 0.3) is 0 Å². The van der Waals surface area contributed by atoms with E-state index in [1.54, 1.807) is 6.92 Å².